The van der Waals surface area contributed by atoms with Crippen molar-refractivity contribution in [1.82, 2.24) is 14.8 Å². The third-order valence-electron chi connectivity index (χ3n) is 5.89. The topological polar surface area (TPSA) is 101 Å². The molecule has 2 heterocycles. The van der Waals surface area contributed by atoms with Gasteiger partial charge < -0.3 is 19.6 Å². The summed E-state index contributed by atoms with van der Waals surface area (Å²) in [5, 5.41) is 4.78. The highest BCUT2D eigenvalue weighted by atomic mass is 35.5. The van der Waals surface area contributed by atoms with Crippen LogP contribution in [0.3, 0.4) is 0 Å². The number of carbonyl (C=O) groups is 1. The molecule has 2 N–H and O–H groups in total. The molecule has 0 spiro atoms. The molecule has 8 nitrogen and oxygen atoms in total. The highest BCUT2D eigenvalue weighted by Crippen LogP contribution is 2.36. The predicted molar refractivity (Wildman–Crippen MR) is 135 cm³/mol. The SMILES string of the molecule is CC(C)(C)[Si](C)(C)OC[C@H](Cn1ccc(-c2ccc(Oc3ncc(Cl)cc3F)cc2)n1)OC(N)=O. The Hall–Kier alpha value is -2.95. The minimum absolute atomic E-state index is 0.0222. The second-order valence-corrected chi connectivity index (χ2v) is 14.9. The van der Waals surface area contributed by atoms with Gasteiger partial charge in [0.2, 0.25) is 0 Å². The van der Waals surface area contributed by atoms with E-state index in [2.05, 4.69) is 43.9 Å². The zero-order valence-electron chi connectivity index (χ0n) is 20.4. The summed E-state index contributed by atoms with van der Waals surface area (Å²) in [7, 11) is -2.03. The van der Waals surface area contributed by atoms with Crippen LogP contribution < -0.4 is 10.5 Å². The third-order valence-corrected chi connectivity index (χ3v) is 10.6. The number of amides is 1. The minimum atomic E-state index is -2.03. The molecule has 0 fully saturated rings. The number of nitrogens with zero attached hydrogens (tertiary/aromatic N) is 3. The summed E-state index contributed by atoms with van der Waals surface area (Å²) in [5.41, 5.74) is 6.80. The molecule has 3 aromatic rings. The van der Waals surface area contributed by atoms with Crippen molar-refractivity contribution in [2.24, 2.45) is 5.73 Å². The van der Waals surface area contributed by atoms with Crippen LogP contribution in [0.15, 0.2) is 48.8 Å². The fourth-order valence-corrected chi connectivity index (χ4v) is 4.09. The van der Waals surface area contributed by atoms with E-state index in [0.717, 1.165) is 11.6 Å². The van der Waals surface area contributed by atoms with Crippen LogP contribution in [0.4, 0.5) is 9.18 Å². The van der Waals surface area contributed by atoms with Gasteiger partial charge in [-0.15, -0.1) is 0 Å². The summed E-state index contributed by atoms with van der Waals surface area (Å²) in [4.78, 5) is 15.3. The first-order chi connectivity index (χ1) is 16.3. The molecule has 0 aliphatic carbocycles. The van der Waals surface area contributed by atoms with Crippen LogP contribution in [0.2, 0.25) is 23.2 Å². The van der Waals surface area contributed by atoms with Crippen molar-refractivity contribution in [3.05, 3.63) is 59.6 Å². The summed E-state index contributed by atoms with van der Waals surface area (Å²) in [6.07, 6.45) is 1.67. The van der Waals surface area contributed by atoms with Crippen LogP contribution in [-0.2, 0) is 15.7 Å². The average molecular weight is 521 g/mol. The second-order valence-electron chi connectivity index (χ2n) is 9.62. The highest BCUT2D eigenvalue weighted by molar-refractivity contribution is 6.74. The molecular weight excluding hydrogens is 491 g/mol. The van der Waals surface area contributed by atoms with Gasteiger partial charge in [-0.1, -0.05) is 32.4 Å². The van der Waals surface area contributed by atoms with E-state index in [1.807, 2.05) is 6.07 Å². The Kier molecular flexibility index (Phi) is 8.19. The maximum absolute atomic E-state index is 13.9. The first-order valence-electron chi connectivity index (χ1n) is 11.1. The summed E-state index contributed by atoms with van der Waals surface area (Å²) in [6.45, 7) is 11.2. The monoisotopic (exact) mass is 520 g/mol. The van der Waals surface area contributed by atoms with Crippen LogP contribution >= 0.6 is 11.6 Å². The molecule has 0 aliphatic heterocycles. The van der Waals surface area contributed by atoms with Crippen LogP contribution in [0.5, 0.6) is 11.6 Å². The molecule has 1 amide bonds. The van der Waals surface area contributed by atoms with Gasteiger partial charge in [0.25, 0.3) is 5.88 Å². The molecule has 0 aliphatic rings. The number of pyridine rings is 1. The minimum Gasteiger partial charge on any atom is -0.442 e. The van der Waals surface area contributed by atoms with Gasteiger partial charge >= 0.3 is 6.09 Å². The molecule has 2 aromatic heterocycles. The summed E-state index contributed by atoms with van der Waals surface area (Å²) in [6, 6.07) is 9.96. The Morgan fingerprint density at radius 1 is 1.23 bits per heavy atom. The Labute approximate surface area is 210 Å². The van der Waals surface area contributed by atoms with Gasteiger partial charge in [-0.25, -0.2) is 14.2 Å². The lowest BCUT2D eigenvalue weighted by Crippen LogP contribution is -2.44. The number of carbonyl (C=O) groups excluding carboxylic acids is 1. The van der Waals surface area contributed by atoms with Crippen molar-refractivity contribution in [3.8, 4) is 22.9 Å². The zero-order chi connectivity index (χ0) is 25.8. The first kappa shape index (κ1) is 26.6. The number of aromatic nitrogens is 3. The van der Waals surface area contributed by atoms with Gasteiger partial charge in [0, 0.05) is 18.0 Å². The van der Waals surface area contributed by atoms with Crippen molar-refractivity contribution < 1.29 is 23.1 Å². The Balaban J connectivity index is 1.67. The number of hydrogen-bond acceptors (Lipinski definition) is 6. The maximum atomic E-state index is 13.9. The quantitative estimate of drug-likeness (QED) is 0.346. The molecule has 1 atom stereocenters. The van der Waals surface area contributed by atoms with Crippen LogP contribution in [-0.4, -0.2) is 41.9 Å². The third kappa shape index (κ3) is 7.27. The molecular formula is C24H30ClFN4O4Si. The normalized spacial score (nSPS) is 12.9. The van der Waals surface area contributed by atoms with Gasteiger partial charge in [0.05, 0.1) is 23.9 Å². The standard InChI is InChI=1S/C24H30ClFN4O4Si/c1-24(2,3)35(4,5)32-15-19(34-23(27)31)14-30-11-10-21(29-30)16-6-8-18(9-7-16)33-22-20(26)12-17(25)13-28-22/h6-13,19H,14-15H2,1-5H3,(H2,27,31)/t19-/m0/s1. The van der Waals surface area contributed by atoms with Crippen LogP contribution in [0, 0.1) is 5.82 Å². The van der Waals surface area contributed by atoms with Crippen molar-refractivity contribution in [2.75, 3.05) is 6.61 Å². The van der Waals surface area contributed by atoms with Crippen molar-refractivity contribution in [3.63, 3.8) is 0 Å². The number of rotatable bonds is 9. The first-order valence-corrected chi connectivity index (χ1v) is 14.4. The number of benzene rings is 1. The van der Waals surface area contributed by atoms with Gasteiger partial charge in [-0.05, 0) is 54.5 Å². The fourth-order valence-electron chi connectivity index (χ4n) is 2.91. The average Bonchev–Trinajstić information content (AvgIpc) is 3.22. The van der Waals surface area contributed by atoms with E-state index < -0.39 is 26.3 Å². The summed E-state index contributed by atoms with van der Waals surface area (Å²) < 4.78 is 32.6. The lowest BCUT2D eigenvalue weighted by Gasteiger charge is -2.37. The largest absolute Gasteiger partial charge is 0.442 e. The van der Waals surface area contributed by atoms with Crippen molar-refractivity contribution in [2.45, 2.75) is 51.6 Å². The number of nitrogens with two attached hydrogens (primary N) is 1. The molecule has 11 heteroatoms. The Morgan fingerprint density at radius 3 is 2.51 bits per heavy atom. The Bertz CT molecular complexity index is 1170. The van der Waals surface area contributed by atoms with E-state index in [1.165, 1.54) is 6.20 Å². The van der Waals surface area contributed by atoms with E-state index >= 15 is 0 Å². The van der Waals surface area contributed by atoms with E-state index in [1.54, 1.807) is 35.1 Å². The van der Waals surface area contributed by atoms with E-state index in [9.17, 15) is 9.18 Å². The molecule has 0 saturated carbocycles. The number of ether oxygens (including phenoxy) is 2. The fraction of sp³-hybridized carbons (Fsp3) is 0.375. The van der Waals surface area contributed by atoms with Gasteiger partial charge in [-0.3, -0.25) is 4.68 Å². The predicted octanol–water partition coefficient (Wildman–Crippen LogP) is 6.02. The molecule has 0 radical (unpaired) electrons. The van der Waals surface area contributed by atoms with Crippen LogP contribution in [0.25, 0.3) is 11.3 Å². The number of hydrogen-bond donors (Lipinski definition) is 1. The molecule has 0 bridgehead atoms. The maximum Gasteiger partial charge on any atom is 0.404 e. The van der Waals surface area contributed by atoms with Crippen LogP contribution in [0.1, 0.15) is 20.8 Å². The molecule has 3 rings (SSSR count). The van der Waals surface area contributed by atoms with Crippen molar-refractivity contribution >= 4 is 26.0 Å². The van der Waals surface area contributed by atoms with E-state index in [4.69, 9.17) is 31.2 Å². The van der Waals surface area contributed by atoms with E-state index in [0.29, 0.717) is 18.0 Å². The number of halogens is 2. The lowest BCUT2D eigenvalue weighted by molar-refractivity contribution is 0.0548. The lowest BCUT2D eigenvalue weighted by atomic mass is 10.1. The summed E-state index contributed by atoms with van der Waals surface area (Å²) >= 11 is 5.72. The van der Waals surface area contributed by atoms with Crippen molar-refractivity contribution in [1.29, 1.82) is 0 Å². The molecule has 1 aromatic carbocycles. The van der Waals surface area contributed by atoms with Gasteiger partial charge in [0.1, 0.15) is 11.9 Å². The molecule has 35 heavy (non-hydrogen) atoms. The second kappa shape index (κ2) is 10.8. The van der Waals surface area contributed by atoms with E-state index in [-0.39, 0.29) is 22.5 Å². The molecule has 0 saturated heterocycles. The smallest absolute Gasteiger partial charge is 0.404 e. The highest BCUT2D eigenvalue weighted by Gasteiger charge is 2.38. The summed E-state index contributed by atoms with van der Waals surface area (Å²) in [5.74, 6) is -0.392. The van der Waals surface area contributed by atoms with Gasteiger partial charge in [0.15, 0.2) is 14.1 Å². The zero-order valence-corrected chi connectivity index (χ0v) is 22.2. The molecule has 0 unspecified atom stereocenters. The molecule has 188 valence electrons. The Morgan fingerprint density at radius 2 is 1.91 bits per heavy atom. The van der Waals surface area contributed by atoms with Gasteiger partial charge in [-0.2, -0.15) is 5.10 Å². The number of primary amides is 1.